The summed E-state index contributed by atoms with van der Waals surface area (Å²) >= 11 is 0. The van der Waals surface area contributed by atoms with Gasteiger partial charge in [-0.05, 0) is 13.8 Å². The predicted molar refractivity (Wildman–Crippen MR) is 55.1 cm³/mol. The highest BCUT2D eigenvalue weighted by atomic mass is 16.5. The molecule has 0 radical (unpaired) electrons. The van der Waals surface area contributed by atoms with Gasteiger partial charge in [-0.3, -0.25) is 0 Å². The minimum atomic E-state index is 0.100. The van der Waals surface area contributed by atoms with Crippen LogP contribution in [0.25, 0.3) is 0 Å². The van der Waals surface area contributed by atoms with Gasteiger partial charge < -0.3 is 15.7 Å². The average Bonchev–Trinajstić information content (AvgIpc) is 2.22. The van der Waals surface area contributed by atoms with Crippen LogP contribution < -0.4 is 10.5 Å². The summed E-state index contributed by atoms with van der Waals surface area (Å²) in [7, 11) is 0. The Hall–Kier alpha value is -1.85. The number of oxime groups is 1. The second kappa shape index (κ2) is 5.14. The third kappa shape index (κ3) is 3.08. The molecule has 1 rings (SSSR count). The molecule has 1 heterocycles. The van der Waals surface area contributed by atoms with Gasteiger partial charge in [0.2, 0.25) is 5.88 Å². The van der Waals surface area contributed by atoms with Crippen LogP contribution in [0.3, 0.4) is 0 Å². The highest BCUT2D eigenvalue weighted by Crippen LogP contribution is 2.14. The fourth-order valence-corrected chi connectivity index (χ4v) is 1.09. The molecule has 0 aliphatic rings. The molecular weight excluding hydrogens is 196 g/mol. The Morgan fingerprint density at radius 2 is 2.40 bits per heavy atom. The van der Waals surface area contributed by atoms with Gasteiger partial charge in [0.25, 0.3) is 0 Å². The third-order valence-electron chi connectivity index (χ3n) is 1.73. The minimum absolute atomic E-state index is 0.100. The van der Waals surface area contributed by atoms with Crippen molar-refractivity contribution < 1.29 is 9.94 Å². The number of ether oxygens (including phenoxy) is 1. The van der Waals surface area contributed by atoms with Crippen molar-refractivity contribution in [3.05, 3.63) is 17.6 Å². The SMILES string of the molecule is CCOc1nc(C)ncc1C/C(N)=N/O. The maximum Gasteiger partial charge on any atom is 0.220 e. The fourth-order valence-electron chi connectivity index (χ4n) is 1.09. The van der Waals surface area contributed by atoms with Crippen molar-refractivity contribution in [2.75, 3.05) is 6.61 Å². The average molecular weight is 210 g/mol. The molecule has 15 heavy (non-hydrogen) atoms. The molecule has 0 atom stereocenters. The van der Waals surface area contributed by atoms with Gasteiger partial charge in [0.15, 0.2) is 0 Å². The predicted octanol–water partition coefficient (Wildman–Crippen LogP) is 0.473. The quantitative estimate of drug-likeness (QED) is 0.326. The molecule has 6 nitrogen and oxygen atoms in total. The normalized spacial score (nSPS) is 11.5. The zero-order chi connectivity index (χ0) is 11.3. The lowest BCUT2D eigenvalue weighted by Gasteiger charge is -2.08. The number of amidine groups is 1. The van der Waals surface area contributed by atoms with Gasteiger partial charge in [0.05, 0.1) is 6.61 Å². The van der Waals surface area contributed by atoms with Crippen LogP contribution in [0, 0.1) is 6.92 Å². The summed E-state index contributed by atoms with van der Waals surface area (Å²) in [5, 5.41) is 11.3. The van der Waals surface area contributed by atoms with E-state index in [1.807, 2.05) is 6.92 Å². The highest BCUT2D eigenvalue weighted by Gasteiger charge is 2.08. The molecule has 0 fully saturated rings. The first-order valence-electron chi connectivity index (χ1n) is 4.59. The molecular formula is C9H14N4O2. The Kier molecular flexibility index (Phi) is 3.84. The van der Waals surface area contributed by atoms with E-state index in [-0.39, 0.29) is 12.3 Å². The van der Waals surface area contributed by atoms with Crippen molar-refractivity contribution in [1.82, 2.24) is 9.97 Å². The zero-order valence-electron chi connectivity index (χ0n) is 8.77. The molecule has 0 saturated carbocycles. The molecule has 0 spiro atoms. The van der Waals surface area contributed by atoms with Gasteiger partial charge in [0.1, 0.15) is 11.7 Å². The van der Waals surface area contributed by atoms with Crippen LogP contribution in [0.15, 0.2) is 11.4 Å². The number of aryl methyl sites for hydroxylation is 1. The summed E-state index contributed by atoms with van der Waals surface area (Å²) in [5.74, 6) is 1.21. The second-order valence-corrected chi connectivity index (χ2v) is 2.95. The summed E-state index contributed by atoms with van der Waals surface area (Å²) in [6, 6.07) is 0. The van der Waals surface area contributed by atoms with Gasteiger partial charge in [-0.2, -0.15) is 4.98 Å². The van der Waals surface area contributed by atoms with Crippen LogP contribution in [0.4, 0.5) is 0 Å². The highest BCUT2D eigenvalue weighted by molar-refractivity contribution is 5.82. The monoisotopic (exact) mass is 210 g/mol. The number of hydrogen-bond acceptors (Lipinski definition) is 5. The lowest BCUT2D eigenvalue weighted by Crippen LogP contribution is -2.16. The zero-order valence-corrected chi connectivity index (χ0v) is 8.77. The van der Waals surface area contributed by atoms with Crippen LogP contribution in [-0.4, -0.2) is 27.6 Å². The van der Waals surface area contributed by atoms with Gasteiger partial charge >= 0.3 is 0 Å². The molecule has 0 aliphatic heterocycles. The summed E-state index contributed by atoms with van der Waals surface area (Å²) in [5.41, 5.74) is 6.10. The molecule has 0 amide bonds. The molecule has 3 N–H and O–H groups in total. The standard InChI is InChI=1S/C9H14N4O2/c1-3-15-9-7(4-8(10)13-14)5-11-6(2)12-9/h5,14H,3-4H2,1-2H3,(H2,10,13). The van der Waals surface area contributed by atoms with Crippen LogP contribution in [0.5, 0.6) is 5.88 Å². The van der Waals surface area contributed by atoms with Crippen molar-refractivity contribution in [2.24, 2.45) is 10.9 Å². The van der Waals surface area contributed by atoms with Crippen LogP contribution in [-0.2, 0) is 6.42 Å². The molecule has 0 aliphatic carbocycles. The summed E-state index contributed by atoms with van der Waals surface area (Å²) in [6.07, 6.45) is 1.89. The molecule has 82 valence electrons. The second-order valence-electron chi connectivity index (χ2n) is 2.95. The van der Waals surface area contributed by atoms with E-state index in [4.69, 9.17) is 15.7 Å². The smallest absolute Gasteiger partial charge is 0.220 e. The topological polar surface area (TPSA) is 93.6 Å². The van der Waals surface area contributed by atoms with E-state index in [1.54, 1.807) is 13.1 Å². The summed E-state index contributed by atoms with van der Waals surface area (Å²) in [6.45, 7) is 4.15. The Bertz CT molecular complexity index is 365. The van der Waals surface area contributed by atoms with Crippen molar-refractivity contribution in [2.45, 2.75) is 20.3 Å². The number of nitrogens with zero attached hydrogens (tertiary/aromatic N) is 3. The van der Waals surface area contributed by atoms with Crippen LogP contribution >= 0.6 is 0 Å². The number of nitrogens with two attached hydrogens (primary N) is 1. The van der Waals surface area contributed by atoms with E-state index in [2.05, 4.69) is 15.1 Å². The summed E-state index contributed by atoms with van der Waals surface area (Å²) < 4.78 is 5.32. The molecule has 6 heteroatoms. The number of aromatic nitrogens is 2. The van der Waals surface area contributed by atoms with Gasteiger partial charge in [-0.25, -0.2) is 4.98 Å². The van der Waals surface area contributed by atoms with Crippen molar-refractivity contribution in [3.8, 4) is 5.88 Å². The molecule has 0 bridgehead atoms. The number of hydrogen-bond donors (Lipinski definition) is 2. The van der Waals surface area contributed by atoms with E-state index in [1.165, 1.54) is 0 Å². The van der Waals surface area contributed by atoms with Crippen molar-refractivity contribution in [3.63, 3.8) is 0 Å². The first kappa shape index (κ1) is 11.2. The first-order valence-corrected chi connectivity index (χ1v) is 4.59. The van der Waals surface area contributed by atoms with Crippen molar-refractivity contribution in [1.29, 1.82) is 0 Å². The van der Waals surface area contributed by atoms with E-state index in [0.29, 0.717) is 23.9 Å². The Balaban J connectivity index is 2.95. The Morgan fingerprint density at radius 3 is 3.00 bits per heavy atom. The van der Waals surface area contributed by atoms with E-state index in [0.717, 1.165) is 0 Å². The third-order valence-corrected chi connectivity index (χ3v) is 1.73. The van der Waals surface area contributed by atoms with E-state index >= 15 is 0 Å². The van der Waals surface area contributed by atoms with Gasteiger partial charge in [-0.15, -0.1) is 0 Å². The van der Waals surface area contributed by atoms with E-state index in [9.17, 15) is 0 Å². The molecule has 0 unspecified atom stereocenters. The summed E-state index contributed by atoms with van der Waals surface area (Å²) in [4.78, 5) is 8.15. The molecule has 0 aromatic carbocycles. The van der Waals surface area contributed by atoms with Crippen LogP contribution in [0.1, 0.15) is 18.3 Å². The maximum atomic E-state index is 8.45. The minimum Gasteiger partial charge on any atom is -0.478 e. The molecule has 1 aromatic heterocycles. The lowest BCUT2D eigenvalue weighted by atomic mass is 10.2. The molecule has 1 aromatic rings. The lowest BCUT2D eigenvalue weighted by molar-refractivity contribution is 0.315. The fraction of sp³-hybridized carbons (Fsp3) is 0.444. The van der Waals surface area contributed by atoms with E-state index < -0.39 is 0 Å². The van der Waals surface area contributed by atoms with Gasteiger partial charge in [0, 0.05) is 18.2 Å². The number of rotatable bonds is 4. The Labute approximate surface area is 87.8 Å². The first-order chi connectivity index (χ1) is 7.17. The van der Waals surface area contributed by atoms with Crippen molar-refractivity contribution >= 4 is 5.84 Å². The molecule has 0 saturated heterocycles. The Morgan fingerprint density at radius 1 is 1.67 bits per heavy atom. The maximum absolute atomic E-state index is 8.45. The van der Waals surface area contributed by atoms with Gasteiger partial charge in [-0.1, -0.05) is 5.16 Å². The largest absolute Gasteiger partial charge is 0.478 e. The van der Waals surface area contributed by atoms with Crippen LogP contribution in [0.2, 0.25) is 0 Å².